The molecule has 0 spiro atoms. The first-order valence-electron chi connectivity index (χ1n) is 10.2. The predicted molar refractivity (Wildman–Crippen MR) is 123 cm³/mol. The first kappa shape index (κ1) is 25.2. The molecule has 0 saturated heterocycles. The highest BCUT2D eigenvalue weighted by atomic mass is 35.5. The molecule has 2 aromatic carbocycles. The number of alkyl halides is 3. The molecule has 1 N–H and O–H groups in total. The first-order chi connectivity index (χ1) is 16.1. The van der Waals surface area contributed by atoms with Crippen molar-refractivity contribution in [2.24, 2.45) is 0 Å². The number of pyridine rings is 1. The molecule has 1 heterocycles. The van der Waals surface area contributed by atoms with Gasteiger partial charge >= 0.3 is 6.18 Å². The largest absolute Gasteiger partial charge is 0.493 e. The average Bonchev–Trinajstić information content (AvgIpc) is 2.79. The first-order valence-corrected chi connectivity index (χ1v) is 10.6. The van der Waals surface area contributed by atoms with Gasteiger partial charge in [0.2, 0.25) is 5.91 Å². The molecule has 3 aromatic rings. The third-order valence-corrected chi connectivity index (χ3v) is 5.19. The number of nitrogens with zero attached hydrogens (tertiary/aromatic N) is 1. The second kappa shape index (κ2) is 11.1. The molecule has 3 rings (SSSR count). The zero-order valence-corrected chi connectivity index (χ0v) is 18.9. The maximum atomic E-state index is 12.4. The number of rotatable bonds is 9. The number of carbonyl (C=O) groups excluding carboxylic acids is 1. The van der Waals surface area contributed by atoms with Crippen molar-refractivity contribution >= 4 is 23.2 Å². The van der Waals surface area contributed by atoms with Crippen molar-refractivity contribution in [1.82, 2.24) is 4.57 Å². The molecule has 1 aromatic heterocycles. The van der Waals surface area contributed by atoms with Gasteiger partial charge in [-0.1, -0.05) is 35.9 Å². The fourth-order valence-electron chi connectivity index (χ4n) is 3.17. The van der Waals surface area contributed by atoms with E-state index in [0.29, 0.717) is 22.7 Å². The Kier molecular flexibility index (Phi) is 8.22. The molecule has 0 aliphatic heterocycles. The highest BCUT2D eigenvalue weighted by Gasteiger charge is 2.29. The summed E-state index contributed by atoms with van der Waals surface area (Å²) in [7, 11) is 1.32. The number of methoxy groups -OCH3 is 1. The number of aromatic nitrogens is 1. The molecule has 10 heteroatoms. The van der Waals surface area contributed by atoms with Gasteiger partial charge in [-0.3, -0.25) is 9.59 Å². The lowest BCUT2D eigenvalue weighted by Gasteiger charge is -2.14. The average molecular weight is 495 g/mol. The second-order valence-electron chi connectivity index (χ2n) is 7.41. The molecule has 6 nitrogen and oxygen atoms in total. The van der Waals surface area contributed by atoms with Gasteiger partial charge in [-0.15, -0.1) is 0 Å². The minimum Gasteiger partial charge on any atom is -0.493 e. The van der Waals surface area contributed by atoms with Crippen molar-refractivity contribution in [2.45, 2.75) is 25.6 Å². The van der Waals surface area contributed by atoms with Crippen molar-refractivity contribution in [2.75, 3.05) is 19.0 Å². The summed E-state index contributed by atoms with van der Waals surface area (Å²) in [5.41, 5.74) is 1.67. The van der Waals surface area contributed by atoms with Crippen LogP contribution in [0.3, 0.4) is 0 Å². The number of halogens is 4. The molecule has 0 unspecified atom stereocenters. The summed E-state index contributed by atoms with van der Waals surface area (Å²) >= 11 is 6.17. The number of nitrogens with one attached hydrogen (secondary N) is 1. The molecule has 0 fully saturated rings. The van der Waals surface area contributed by atoms with E-state index in [1.54, 1.807) is 24.4 Å². The van der Waals surface area contributed by atoms with Crippen LogP contribution in [0.1, 0.15) is 17.5 Å². The number of carbonyl (C=O) groups is 1. The van der Waals surface area contributed by atoms with Gasteiger partial charge in [0.25, 0.3) is 5.56 Å². The maximum absolute atomic E-state index is 12.4. The molecule has 0 aliphatic rings. The van der Waals surface area contributed by atoms with E-state index in [4.69, 9.17) is 21.1 Å². The van der Waals surface area contributed by atoms with Gasteiger partial charge < -0.3 is 19.4 Å². The normalized spacial score (nSPS) is 11.2. The maximum Gasteiger partial charge on any atom is 0.422 e. The lowest BCUT2D eigenvalue weighted by atomic mass is 10.1. The van der Waals surface area contributed by atoms with E-state index < -0.39 is 12.8 Å². The van der Waals surface area contributed by atoms with Crippen LogP contribution >= 0.6 is 11.6 Å². The summed E-state index contributed by atoms with van der Waals surface area (Å²) in [6, 6.07) is 14.5. The van der Waals surface area contributed by atoms with Crippen LogP contribution in [0.5, 0.6) is 11.5 Å². The summed E-state index contributed by atoms with van der Waals surface area (Å²) < 4.78 is 48.5. The van der Waals surface area contributed by atoms with Crippen LogP contribution < -0.4 is 20.3 Å². The van der Waals surface area contributed by atoms with Crippen LogP contribution in [-0.4, -0.2) is 30.4 Å². The fourth-order valence-corrected chi connectivity index (χ4v) is 3.36. The van der Waals surface area contributed by atoms with Crippen molar-refractivity contribution in [1.29, 1.82) is 0 Å². The minimum atomic E-state index is -4.46. The Balaban J connectivity index is 1.61. The van der Waals surface area contributed by atoms with Crippen molar-refractivity contribution < 1.29 is 27.4 Å². The van der Waals surface area contributed by atoms with Crippen LogP contribution in [0, 0.1) is 0 Å². The standard InChI is InChI=1S/C24H22ClF3N2O4/c1-33-21-12-16(6-9-20(21)34-15-24(26,27)28)7-10-22(31)29-18-8-11-23(32)30(14-18)13-17-4-2-3-5-19(17)25/h2-6,8-9,11-12,14H,7,10,13,15H2,1H3,(H,29,31). The van der Waals surface area contributed by atoms with Crippen molar-refractivity contribution in [3.05, 3.63) is 87.3 Å². The van der Waals surface area contributed by atoms with Gasteiger partial charge in [-0.05, 0) is 41.8 Å². The number of hydrogen-bond donors (Lipinski definition) is 1. The van der Waals surface area contributed by atoms with Gasteiger partial charge in [0.15, 0.2) is 18.1 Å². The molecule has 0 atom stereocenters. The zero-order valence-electron chi connectivity index (χ0n) is 18.2. The lowest BCUT2D eigenvalue weighted by molar-refractivity contribution is -0.153. The Morgan fingerprint density at radius 3 is 2.56 bits per heavy atom. The Hall–Kier alpha value is -3.46. The van der Waals surface area contributed by atoms with E-state index in [0.717, 1.165) is 5.56 Å². The number of amides is 1. The summed E-state index contributed by atoms with van der Waals surface area (Å²) in [6.45, 7) is -1.17. The van der Waals surface area contributed by atoms with E-state index in [2.05, 4.69) is 5.32 Å². The Bertz CT molecular complexity index is 1210. The third-order valence-electron chi connectivity index (χ3n) is 4.83. The van der Waals surface area contributed by atoms with E-state index in [-0.39, 0.29) is 35.9 Å². The SMILES string of the molecule is COc1cc(CCC(=O)Nc2ccc(=O)n(Cc3ccccc3Cl)c2)ccc1OCC(F)(F)F. The smallest absolute Gasteiger partial charge is 0.422 e. The summed E-state index contributed by atoms with van der Waals surface area (Å²) in [6.07, 6.45) is -2.49. The molecule has 0 saturated carbocycles. The van der Waals surface area contributed by atoms with Crippen LogP contribution in [0.4, 0.5) is 18.9 Å². The molecule has 0 aliphatic carbocycles. The minimum absolute atomic E-state index is 0.0335. The van der Waals surface area contributed by atoms with E-state index in [1.165, 1.54) is 35.9 Å². The quantitative estimate of drug-likeness (QED) is 0.451. The fraction of sp³-hybridized carbons (Fsp3) is 0.250. The van der Waals surface area contributed by atoms with Crippen molar-refractivity contribution in [3.8, 4) is 11.5 Å². The Morgan fingerprint density at radius 2 is 1.85 bits per heavy atom. The Morgan fingerprint density at radius 1 is 1.09 bits per heavy atom. The van der Waals surface area contributed by atoms with Crippen molar-refractivity contribution in [3.63, 3.8) is 0 Å². The molecule has 1 amide bonds. The van der Waals surface area contributed by atoms with E-state index in [9.17, 15) is 22.8 Å². The van der Waals surface area contributed by atoms with Crippen LogP contribution in [0.15, 0.2) is 65.6 Å². The topological polar surface area (TPSA) is 69.6 Å². The molecular weight excluding hydrogens is 473 g/mol. The molecule has 0 radical (unpaired) electrons. The van der Waals surface area contributed by atoms with Gasteiger partial charge in [0, 0.05) is 23.7 Å². The highest BCUT2D eigenvalue weighted by molar-refractivity contribution is 6.31. The van der Waals surface area contributed by atoms with Gasteiger partial charge in [0.1, 0.15) is 0 Å². The molecule has 0 bridgehead atoms. The molecule has 180 valence electrons. The summed E-state index contributed by atoms with van der Waals surface area (Å²) in [4.78, 5) is 24.6. The van der Waals surface area contributed by atoms with Gasteiger partial charge in [-0.2, -0.15) is 13.2 Å². The summed E-state index contributed by atoms with van der Waals surface area (Å²) in [5.74, 6) is -0.179. The van der Waals surface area contributed by atoms with Gasteiger partial charge in [-0.25, -0.2) is 0 Å². The van der Waals surface area contributed by atoms with E-state index >= 15 is 0 Å². The number of benzene rings is 2. The zero-order chi connectivity index (χ0) is 24.7. The Labute approximate surface area is 198 Å². The monoisotopic (exact) mass is 494 g/mol. The molecule has 34 heavy (non-hydrogen) atoms. The summed E-state index contributed by atoms with van der Waals surface area (Å²) in [5, 5.41) is 3.28. The number of anilines is 1. The molecular formula is C24H22ClF3N2O4. The van der Waals surface area contributed by atoms with Crippen LogP contribution in [0.2, 0.25) is 5.02 Å². The predicted octanol–water partition coefficient (Wildman–Crippen LogP) is 5.07. The number of aryl methyl sites for hydroxylation is 1. The van der Waals surface area contributed by atoms with Crippen LogP contribution in [0.25, 0.3) is 0 Å². The lowest BCUT2D eigenvalue weighted by Crippen LogP contribution is -2.21. The third kappa shape index (κ3) is 7.28. The van der Waals surface area contributed by atoms with Gasteiger partial charge in [0.05, 0.1) is 19.3 Å². The van der Waals surface area contributed by atoms with E-state index in [1.807, 2.05) is 12.1 Å². The number of ether oxygens (including phenoxy) is 2. The number of hydrogen-bond acceptors (Lipinski definition) is 4. The highest BCUT2D eigenvalue weighted by Crippen LogP contribution is 2.30. The second-order valence-corrected chi connectivity index (χ2v) is 7.82. The van der Waals surface area contributed by atoms with Crippen LogP contribution in [-0.2, 0) is 17.8 Å².